The molecule has 0 aliphatic carbocycles. The van der Waals surface area contributed by atoms with Crippen LogP contribution in [0.5, 0.6) is 0 Å². The Bertz CT molecular complexity index is 532. The third-order valence-electron chi connectivity index (χ3n) is 1.70. The molecule has 0 fully saturated rings. The van der Waals surface area contributed by atoms with Gasteiger partial charge < -0.3 is 0 Å². The third-order valence-corrected chi connectivity index (χ3v) is 3.88. The van der Waals surface area contributed by atoms with E-state index in [4.69, 9.17) is 0 Å². The fourth-order valence-electron chi connectivity index (χ4n) is 0.911. The molecule has 0 aliphatic heterocycles. The van der Waals surface area contributed by atoms with Crippen molar-refractivity contribution in [1.82, 2.24) is 4.98 Å². The second kappa shape index (κ2) is 5.41. The lowest BCUT2D eigenvalue weighted by molar-refractivity contribution is -0.385. The van der Waals surface area contributed by atoms with Crippen LogP contribution < -0.4 is 0 Å². The summed E-state index contributed by atoms with van der Waals surface area (Å²) < 4.78 is 35.0. The molecule has 0 atom stereocenters. The molecule has 0 aliphatic rings. The molecule has 0 radical (unpaired) electrons. The number of hydrogen-bond acceptors (Lipinski definition) is 6. The maximum Gasteiger partial charge on any atom is 0.290 e. The number of halogens is 1. The van der Waals surface area contributed by atoms with Crippen LogP contribution in [0.3, 0.4) is 0 Å². The second-order valence-electron chi connectivity index (χ2n) is 3.22. The van der Waals surface area contributed by atoms with Crippen LogP contribution in [0.2, 0.25) is 0 Å². The van der Waals surface area contributed by atoms with E-state index in [1.165, 1.54) is 0 Å². The topological polar surface area (TPSA) is 90.2 Å². The first-order valence-electron chi connectivity index (χ1n) is 4.40. The number of nitro groups is 1. The Labute approximate surface area is 101 Å². The molecule has 1 aromatic heterocycles. The lowest BCUT2D eigenvalue weighted by Gasteiger charge is -2.01. The molecule has 0 bridgehead atoms. The number of pyridine rings is 1. The highest BCUT2D eigenvalue weighted by atomic mass is 32.2. The van der Waals surface area contributed by atoms with E-state index in [-0.39, 0.29) is 16.5 Å². The molecule has 0 aromatic carbocycles. The zero-order valence-corrected chi connectivity index (χ0v) is 10.4. The van der Waals surface area contributed by atoms with E-state index in [9.17, 15) is 22.9 Å². The molecule has 0 unspecified atom stereocenters. The fourth-order valence-corrected chi connectivity index (χ4v) is 2.97. The molecule has 6 nitrogen and oxygen atoms in total. The number of sulfone groups is 1. The van der Waals surface area contributed by atoms with Crippen molar-refractivity contribution in [1.29, 1.82) is 0 Å². The average molecular weight is 280 g/mol. The van der Waals surface area contributed by atoms with Crippen LogP contribution in [0.4, 0.5) is 10.1 Å². The van der Waals surface area contributed by atoms with Crippen LogP contribution >= 0.6 is 11.8 Å². The summed E-state index contributed by atoms with van der Waals surface area (Å²) in [5.74, 6) is -0.770. The van der Waals surface area contributed by atoms with Gasteiger partial charge in [0.15, 0.2) is 5.82 Å². The largest absolute Gasteiger partial charge is 0.290 e. The van der Waals surface area contributed by atoms with Gasteiger partial charge in [-0.1, -0.05) is 0 Å². The van der Waals surface area contributed by atoms with E-state index >= 15 is 0 Å². The van der Waals surface area contributed by atoms with Gasteiger partial charge in [-0.15, -0.1) is 11.8 Å². The fraction of sp³-hybridized carbons (Fsp3) is 0.375. The standard InChI is InChI=1S/C8H9FN2O4S2/c1-17(14,15)3-2-16-8-7(9)4-6(5-10-8)11(12)13/h4-5H,2-3H2,1H3. The van der Waals surface area contributed by atoms with Gasteiger partial charge in [0.25, 0.3) is 5.69 Å². The zero-order valence-electron chi connectivity index (χ0n) is 8.79. The number of thioether (sulfide) groups is 1. The summed E-state index contributed by atoms with van der Waals surface area (Å²) >= 11 is 0.906. The maximum atomic E-state index is 13.3. The number of aromatic nitrogens is 1. The maximum absolute atomic E-state index is 13.3. The van der Waals surface area contributed by atoms with E-state index in [0.29, 0.717) is 0 Å². The summed E-state index contributed by atoms with van der Waals surface area (Å²) in [6.45, 7) is 0. The minimum atomic E-state index is -3.11. The summed E-state index contributed by atoms with van der Waals surface area (Å²) in [6, 6.07) is 0.760. The van der Waals surface area contributed by atoms with Crippen molar-refractivity contribution >= 4 is 27.3 Å². The first-order valence-corrected chi connectivity index (χ1v) is 7.44. The first kappa shape index (κ1) is 13.8. The summed E-state index contributed by atoms with van der Waals surface area (Å²) in [7, 11) is -3.11. The minimum Gasteiger partial charge on any atom is -0.258 e. The second-order valence-corrected chi connectivity index (χ2v) is 6.56. The van der Waals surface area contributed by atoms with Crippen LogP contribution in [0.15, 0.2) is 17.3 Å². The van der Waals surface area contributed by atoms with Gasteiger partial charge in [0.2, 0.25) is 0 Å². The van der Waals surface area contributed by atoms with Gasteiger partial charge in [0, 0.05) is 12.0 Å². The number of hydrogen-bond donors (Lipinski definition) is 0. The Morgan fingerprint density at radius 2 is 2.24 bits per heavy atom. The summed E-state index contributed by atoms with van der Waals surface area (Å²) in [6.07, 6.45) is 2.01. The van der Waals surface area contributed by atoms with Crippen LogP contribution in [0.1, 0.15) is 0 Å². The minimum absolute atomic E-state index is 0.0424. The Hall–Kier alpha value is -1.22. The van der Waals surface area contributed by atoms with E-state index in [1.807, 2.05) is 0 Å². The molecule has 0 saturated heterocycles. The van der Waals surface area contributed by atoms with Gasteiger partial charge in [-0.25, -0.2) is 17.8 Å². The van der Waals surface area contributed by atoms with E-state index in [1.54, 1.807) is 0 Å². The van der Waals surface area contributed by atoms with Gasteiger partial charge >= 0.3 is 0 Å². The van der Waals surface area contributed by atoms with Crippen LogP contribution in [-0.4, -0.2) is 36.1 Å². The van der Waals surface area contributed by atoms with Crippen molar-refractivity contribution in [2.75, 3.05) is 17.8 Å². The van der Waals surface area contributed by atoms with E-state index < -0.39 is 26.3 Å². The van der Waals surface area contributed by atoms with Gasteiger partial charge in [-0.3, -0.25) is 10.1 Å². The molecule has 94 valence electrons. The quantitative estimate of drug-likeness (QED) is 0.458. The molecule has 0 amide bonds. The molecule has 1 heterocycles. The van der Waals surface area contributed by atoms with Crippen molar-refractivity contribution in [2.24, 2.45) is 0 Å². The number of rotatable bonds is 5. The third kappa shape index (κ3) is 4.65. The van der Waals surface area contributed by atoms with Gasteiger partial charge in [-0.05, 0) is 0 Å². The van der Waals surface area contributed by atoms with Crippen molar-refractivity contribution in [3.8, 4) is 0 Å². The Kier molecular flexibility index (Phi) is 4.40. The van der Waals surface area contributed by atoms with Crippen molar-refractivity contribution in [3.05, 3.63) is 28.2 Å². The van der Waals surface area contributed by atoms with Crippen LogP contribution in [-0.2, 0) is 9.84 Å². The smallest absolute Gasteiger partial charge is 0.258 e. The highest BCUT2D eigenvalue weighted by Gasteiger charge is 2.13. The molecule has 9 heteroatoms. The lowest BCUT2D eigenvalue weighted by Crippen LogP contribution is -2.05. The van der Waals surface area contributed by atoms with Crippen molar-refractivity contribution in [2.45, 2.75) is 5.03 Å². The first-order chi connectivity index (χ1) is 7.79. The molecule has 17 heavy (non-hydrogen) atoms. The van der Waals surface area contributed by atoms with E-state index in [2.05, 4.69) is 4.98 Å². The van der Waals surface area contributed by atoms with Gasteiger partial charge in [0.05, 0.1) is 16.7 Å². The van der Waals surface area contributed by atoms with Crippen molar-refractivity contribution < 1.29 is 17.7 Å². The Balaban J connectivity index is 2.70. The van der Waals surface area contributed by atoms with Crippen molar-refractivity contribution in [3.63, 3.8) is 0 Å². The molecule has 1 aromatic rings. The molecular formula is C8H9FN2O4S2. The van der Waals surface area contributed by atoms with E-state index in [0.717, 1.165) is 30.3 Å². The monoisotopic (exact) mass is 280 g/mol. The predicted octanol–water partition coefficient (Wildman–Crippen LogP) is 1.27. The average Bonchev–Trinajstić information content (AvgIpc) is 2.18. The SMILES string of the molecule is CS(=O)(=O)CCSc1ncc([N+](=O)[O-])cc1F. The Morgan fingerprint density at radius 1 is 1.59 bits per heavy atom. The van der Waals surface area contributed by atoms with Crippen LogP contribution in [0.25, 0.3) is 0 Å². The molecule has 0 saturated carbocycles. The summed E-state index contributed by atoms with van der Waals surface area (Å²) in [5.41, 5.74) is -0.435. The van der Waals surface area contributed by atoms with Crippen LogP contribution in [0, 0.1) is 15.9 Å². The molecule has 0 N–H and O–H groups in total. The normalized spacial score (nSPS) is 11.4. The Morgan fingerprint density at radius 3 is 2.71 bits per heavy atom. The number of nitrogens with zero attached hydrogens (tertiary/aromatic N) is 2. The molecule has 0 spiro atoms. The molecule has 1 rings (SSSR count). The lowest BCUT2D eigenvalue weighted by atomic mass is 10.4. The van der Waals surface area contributed by atoms with Gasteiger partial charge in [0.1, 0.15) is 21.1 Å². The highest BCUT2D eigenvalue weighted by Crippen LogP contribution is 2.22. The summed E-state index contributed by atoms with van der Waals surface area (Å²) in [5, 5.41) is 10.3. The predicted molar refractivity (Wildman–Crippen MR) is 61.3 cm³/mol. The van der Waals surface area contributed by atoms with Gasteiger partial charge in [-0.2, -0.15) is 0 Å². The molecular weight excluding hydrogens is 271 g/mol. The highest BCUT2D eigenvalue weighted by molar-refractivity contribution is 8.00. The summed E-state index contributed by atoms with van der Waals surface area (Å²) in [4.78, 5) is 13.1. The zero-order chi connectivity index (χ0) is 13.1.